The van der Waals surface area contributed by atoms with Crippen LogP contribution in [-0.4, -0.2) is 38.8 Å². The van der Waals surface area contributed by atoms with Crippen LogP contribution in [0.5, 0.6) is 11.5 Å². The van der Waals surface area contributed by atoms with Crippen molar-refractivity contribution >= 4 is 12.0 Å². The quantitative estimate of drug-likeness (QED) is 0.890. The Hall–Kier alpha value is -2.01. The maximum absolute atomic E-state index is 12.5. The molecular weight excluding hydrogens is 280 g/mol. The predicted molar refractivity (Wildman–Crippen MR) is 85.0 cm³/mol. The molecule has 3 rings (SSSR count). The van der Waals surface area contributed by atoms with Gasteiger partial charge in [-0.3, -0.25) is 4.79 Å². The Bertz CT molecular complexity index is 598. The number of piperidine rings is 1. The van der Waals surface area contributed by atoms with Gasteiger partial charge in [0.2, 0.25) is 0 Å². The van der Waals surface area contributed by atoms with E-state index in [1.54, 1.807) is 7.11 Å². The van der Waals surface area contributed by atoms with Gasteiger partial charge in [-0.1, -0.05) is 19.1 Å². The fourth-order valence-electron chi connectivity index (χ4n) is 2.92. The summed E-state index contributed by atoms with van der Waals surface area (Å²) in [5, 5.41) is 6.44. The maximum Gasteiger partial charge on any atom is 0.250 e. The van der Waals surface area contributed by atoms with E-state index in [0.717, 1.165) is 25.1 Å². The molecule has 0 radical (unpaired) electrons. The molecule has 0 aliphatic carbocycles. The van der Waals surface area contributed by atoms with Gasteiger partial charge in [0.25, 0.3) is 5.91 Å². The van der Waals surface area contributed by atoms with E-state index in [0.29, 0.717) is 23.0 Å². The van der Waals surface area contributed by atoms with Crippen molar-refractivity contribution in [3.63, 3.8) is 0 Å². The first-order valence-corrected chi connectivity index (χ1v) is 7.71. The van der Waals surface area contributed by atoms with E-state index in [2.05, 4.69) is 17.6 Å². The van der Waals surface area contributed by atoms with Crippen LogP contribution in [0.15, 0.2) is 23.8 Å². The monoisotopic (exact) mass is 302 g/mol. The molecule has 5 heteroatoms. The third-order valence-corrected chi connectivity index (χ3v) is 4.37. The normalized spacial score (nSPS) is 23.8. The van der Waals surface area contributed by atoms with Gasteiger partial charge >= 0.3 is 0 Å². The Labute approximate surface area is 130 Å². The van der Waals surface area contributed by atoms with Gasteiger partial charge in [0.05, 0.1) is 12.7 Å². The predicted octanol–water partition coefficient (Wildman–Crippen LogP) is 1.59. The van der Waals surface area contributed by atoms with E-state index in [1.807, 2.05) is 24.3 Å². The summed E-state index contributed by atoms with van der Waals surface area (Å²) in [4.78, 5) is 12.5. The number of carbonyl (C=O) groups is 1. The van der Waals surface area contributed by atoms with Gasteiger partial charge in [-0.25, -0.2) is 0 Å². The lowest BCUT2D eigenvalue weighted by molar-refractivity contribution is -0.118. The highest BCUT2D eigenvalue weighted by molar-refractivity contribution is 5.99. The highest BCUT2D eigenvalue weighted by Crippen LogP contribution is 2.35. The average Bonchev–Trinajstić information content (AvgIpc) is 2.55. The van der Waals surface area contributed by atoms with E-state index in [1.165, 1.54) is 0 Å². The van der Waals surface area contributed by atoms with Crippen molar-refractivity contribution in [1.29, 1.82) is 0 Å². The largest absolute Gasteiger partial charge is 0.493 e. The lowest BCUT2D eigenvalue weighted by atomic mass is 9.94. The van der Waals surface area contributed by atoms with Gasteiger partial charge in [0, 0.05) is 18.2 Å². The van der Waals surface area contributed by atoms with Crippen molar-refractivity contribution < 1.29 is 14.3 Å². The zero-order chi connectivity index (χ0) is 15.5. The van der Waals surface area contributed by atoms with Crippen molar-refractivity contribution in [3.05, 3.63) is 29.3 Å². The second kappa shape index (κ2) is 6.40. The molecule has 1 amide bonds. The maximum atomic E-state index is 12.5. The summed E-state index contributed by atoms with van der Waals surface area (Å²) < 4.78 is 11.0. The zero-order valence-corrected chi connectivity index (χ0v) is 13.0. The molecule has 0 aromatic heterocycles. The molecule has 2 atom stereocenters. The van der Waals surface area contributed by atoms with Crippen LogP contribution in [0.2, 0.25) is 0 Å². The minimum atomic E-state index is -0.0472. The number of hydrogen-bond donors (Lipinski definition) is 2. The van der Waals surface area contributed by atoms with Gasteiger partial charge < -0.3 is 20.1 Å². The fourth-order valence-corrected chi connectivity index (χ4v) is 2.92. The molecule has 1 aromatic carbocycles. The molecule has 2 aliphatic heterocycles. The van der Waals surface area contributed by atoms with E-state index >= 15 is 0 Å². The number of methoxy groups -OCH3 is 1. The summed E-state index contributed by atoms with van der Waals surface area (Å²) in [5.41, 5.74) is 1.53. The van der Waals surface area contributed by atoms with Crippen LogP contribution in [0.4, 0.5) is 0 Å². The number of benzene rings is 1. The minimum Gasteiger partial charge on any atom is -0.493 e. The molecule has 2 unspecified atom stereocenters. The fraction of sp³-hybridized carbons (Fsp3) is 0.471. The summed E-state index contributed by atoms with van der Waals surface area (Å²) >= 11 is 0. The Morgan fingerprint density at radius 3 is 3.09 bits per heavy atom. The smallest absolute Gasteiger partial charge is 0.250 e. The topological polar surface area (TPSA) is 59.6 Å². The molecule has 0 saturated carbocycles. The van der Waals surface area contributed by atoms with Crippen LogP contribution in [0.1, 0.15) is 18.9 Å². The van der Waals surface area contributed by atoms with Gasteiger partial charge in [-0.05, 0) is 31.0 Å². The number of amides is 1. The van der Waals surface area contributed by atoms with Gasteiger partial charge in [0.1, 0.15) is 6.61 Å². The van der Waals surface area contributed by atoms with Crippen LogP contribution < -0.4 is 20.1 Å². The van der Waals surface area contributed by atoms with E-state index in [9.17, 15) is 4.79 Å². The SMILES string of the molecule is COc1cccc2c1OCC(C(=O)NC1CNCCC1C)=C2. The number of hydrogen-bond acceptors (Lipinski definition) is 4. The molecule has 1 aromatic rings. The van der Waals surface area contributed by atoms with Crippen LogP contribution >= 0.6 is 0 Å². The van der Waals surface area contributed by atoms with Gasteiger partial charge in [0.15, 0.2) is 11.5 Å². The highest BCUT2D eigenvalue weighted by Gasteiger charge is 2.26. The molecule has 1 fully saturated rings. The average molecular weight is 302 g/mol. The Kier molecular flexibility index (Phi) is 4.34. The second-order valence-electron chi connectivity index (χ2n) is 5.89. The number of para-hydroxylation sites is 1. The first kappa shape index (κ1) is 14.9. The molecule has 0 spiro atoms. The summed E-state index contributed by atoms with van der Waals surface area (Å²) in [6.45, 7) is 4.30. The Morgan fingerprint density at radius 1 is 1.45 bits per heavy atom. The molecule has 2 N–H and O–H groups in total. The first-order valence-electron chi connectivity index (χ1n) is 7.71. The van der Waals surface area contributed by atoms with E-state index < -0.39 is 0 Å². The van der Waals surface area contributed by atoms with E-state index in [-0.39, 0.29) is 18.6 Å². The third kappa shape index (κ3) is 2.95. The number of ether oxygens (including phenoxy) is 2. The summed E-state index contributed by atoms with van der Waals surface area (Å²) in [6, 6.07) is 5.85. The van der Waals surface area contributed by atoms with Crippen LogP contribution in [0, 0.1) is 5.92 Å². The van der Waals surface area contributed by atoms with Crippen molar-refractivity contribution in [2.75, 3.05) is 26.8 Å². The number of nitrogens with one attached hydrogen (secondary N) is 2. The summed E-state index contributed by atoms with van der Waals surface area (Å²) in [6.07, 6.45) is 2.97. The number of rotatable bonds is 3. The van der Waals surface area contributed by atoms with Gasteiger partial charge in [-0.15, -0.1) is 0 Å². The summed E-state index contributed by atoms with van der Waals surface area (Å²) in [5.74, 6) is 1.84. The lowest BCUT2D eigenvalue weighted by Gasteiger charge is -2.31. The van der Waals surface area contributed by atoms with Crippen molar-refractivity contribution in [2.24, 2.45) is 5.92 Å². The van der Waals surface area contributed by atoms with Crippen LogP contribution in [0.25, 0.3) is 6.08 Å². The highest BCUT2D eigenvalue weighted by atomic mass is 16.5. The molecule has 5 nitrogen and oxygen atoms in total. The molecule has 118 valence electrons. The first-order chi connectivity index (χ1) is 10.7. The standard InChI is InChI=1S/C17H22N2O3/c1-11-6-7-18-9-14(11)19-17(20)13-8-12-4-3-5-15(21-2)16(12)22-10-13/h3-5,8,11,14,18H,6-7,9-10H2,1-2H3,(H,19,20). The number of carbonyl (C=O) groups excluding carboxylic acids is 1. The van der Waals surface area contributed by atoms with E-state index in [4.69, 9.17) is 9.47 Å². The van der Waals surface area contributed by atoms with Crippen LogP contribution in [-0.2, 0) is 4.79 Å². The Balaban J connectivity index is 1.74. The Morgan fingerprint density at radius 2 is 2.32 bits per heavy atom. The van der Waals surface area contributed by atoms with Crippen molar-refractivity contribution in [1.82, 2.24) is 10.6 Å². The minimum absolute atomic E-state index is 0.0472. The zero-order valence-electron chi connectivity index (χ0n) is 13.0. The van der Waals surface area contributed by atoms with Crippen molar-refractivity contribution in [3.8, 4) is 11.5 Å². The molecule has 0 bridgehead atoms. The second-order valence-corrected chi connectivity index (χ2v) is 5.89. The van der Waals surface area contributed by atoms with Crippen molar-refractivity contribution in [2.45, 2.75) is 19.4 Å². The molecular formula is C17H22N2O3. The third-order valence-electron chi connectivity index (χ3n) is 4.37. The number of fused-ring (bicyclic) bond motifs is 1. The molecule has 22 heavy (non-hydrogen) atoms. The lowest BCUT2D eigenvalue weighted by Crippen LogP contribution is -2.50. The van der Waals surface area contributed by atoms with Crippen LogP contribution in [0.3, 0.4) is 0 Å². The molecule has 2 aliphatic rings. The molecule has 2 heterocycles. The summed E-state index contributed by atoms with van der Waals surface area (Å²) in [7, 11) is 1.61. The van der Waals surface area contributed by atoms with Gasteiger partial charge in [-0.2, -0.15) is 0 Å². The molecule has 1 saturated heterocycles.